The third-order valence-electron chi connectivity index (χ3n) is 9.62. The zero-order valence-electron chi connectivity index (χ0n) is 23.5. The Labute approximate surface area is 239 Å². The number of ether oxygens (including phenoxy) is 1. The maximum atomic E-state index is 14.6. The molecule has 7 nitrogen and oxygen atoms in total. The van der Waals surface area contributed by atoms with Gasteiger partial charge in [-0.1, -0.05) is 23.4 Å². The first kappa shape index (κ1) is 26.7. The number of carbonyl (C=O) groups is 1. The minimum absolute atomic E-state index is 0.0393. The van der Waals surface area contributed by atoms with Gasteiger partial charge in [-0.15, -0.1) is 0 Å². The van der Waals surface area contributed by atoms with Crippen LogP contribution in [-0.2, 0) is 16.2 Å². The molecule has 1 N–H and O–H groups in total. The number of benzene rings is 2. The molecule has 2 aromatic carbocycles. The third-order valence-corrected chi connectivity index (χ3v) is 9.62. The molecule has 41 heavy (non-hydrogen) atoms. The first-order valence-electron chi connectivity index (χ1n) is 14.8. The van der Waals surface area contributed by atoms with Crippen molar-refractivity contribution in [2.75, 3.05) is 32.8 Å². The lowest BCUT2D eigenvalue weighted by Gasteiger charge is -2.46. The monoisotopic (exact) mass is 565 g/mol. The number of hydrogen-bond acceptors (Lipinski definition) is 6. The fraction of sp³-hybridized carbons (Fsp3) is 0.562. The molecule has 218 valence electrons. The highest BCUT2D eigenvalue weighted by molar-refractivity contribution is 5.85. The topological polar surface area (TPSA) is 74.6 Å². The summed E-state index contributed by atoms with van der Waals surface area (Å²) in [6, 6.07) is 10.8. The van der Waals surface area contributed by atoms with Crippen LogP contribution in [0.2, 0.25) is 0 Å². The molecule has 3 heterocycles. The molecule has 2 aromatic rings. The number of rotatable bonds is 8. The normalized spacial score (nSPS) is 24.0. The molecule has 5 aliphatic rings. The molecule has 0 unspecified atom stereocenters. The summed E-state index contributed by atoms with van der Waals surface area (Å²) < 4.78 is 34.5. The quantitative estimate of drug-likeness (QED) is 0.441. The second-order valence-electron chi connectivity index (χ2n) is 13.2. The highest BCUT2D eigenvalue weighted by Gasteiger charge is 2.51. The number of alkyl halides is 1. The maximum Gasteiger partial charge on any atom is 0.309 e. The van der Waals surface area contributed by atoms with Gasteiger partial charge in [0.05, 0.1) is 11.8 Å². The van der Waals surface area contributed by atoms with E-state index in [9.17, 15) is 18.7 Å². The predicted octanol–water partition coefficient (Wildman–Crippen LogP) is 5.73. The molecule has 3 aliphatic heterocycles. The van der Waals surface area contributed by atoms with Crippen molar-refractivity contribution >= 4 is 11.8 Å². The lowest BCUT2D eigenvalue weighted by atomic mass is 9.80. The zero-order chi connectivity index (χ0) is 28.4. The Kier molecular flexibility index (Phi) is 6.30. The molecular weight excluding hydrogens is 528 g/mol. The summed E-state index contributed by atoms with van der Waals surface area (Å²) in [6.07, 6.45) is 5.21. The Morgan fingerprint density at radius 3 is 2.46 bits per heavy atom. The number of carboxylic acid groups (broad SMARTS) is 1. The second kappa shape index (κ2) is 9.68. The summed E-state index contributed by atoms with van der Waals surface area (Å²) in [5.41, 5.74) is 1.93. The van der Waals surface area contributed by atoms with Gasteiger partial charge in [0.1, 0.15) is 29.7 Å². The number of hydrogen-bond donors (Lipinski definition) is 1. The van der Waals surface area contributed by atoms with Gasteiger partial charge in [0, 0.05) is 38.3 Å². The van der Waals surface area contributed by atoms with Gasteiger partial charge in [-0.2, -0.15) is 0 Å². The number of piperidine rings is 1. The van der Waals surface area contributed by atoms with Gasteiger partial charge in [0.2, 0.25) is 0 Å². The average molecular weight is 566 g/mol. The van der Waals surface area contributed by atoms with Crippen molar-refractivity contribution in [3.8, 4) is 16.9 Å². The first-order chi connectivity index (χ1) is 19.6. The molecule has 2 saturated heterocycles. The van der Waals surface area contributed by atoms with Crippen LogP contribution in [0.3, 0.4) is 0 Å². The first-order valence-corrected chi connectivity index (χ1v) is 14.8. The van der Waals surface area contributed by atoms with Crippen LogP contribution in [-0.4, -0.2) is 70.8 Å². The summed E-state index contributed by atoms with van der Waals surface area (Å²) in [5, 5.41) is 14.0. The molecular formula is C32H37F2N3O4. The zero-order valence-corrected chi connectivity index (χ0v) is 23.5. The smallest absolute Gasteiger partial charge is 0.309 e. The van der Waals surface area contributed by atoms with Crippen molar-refractivity contribution in [3.63, 3.8) is 0 Å². The highest BCUT2D eigenvalue weighted by atomic mass is 19.1. The fourth-order valence-corrected chi connectivity index (χ4v) is 6.48. The van der Waals surface area contributed by atoms with Crippen LogP contribution < -0.4 is 4.74 Å². The van der Waals surface area contributed by atoms with Crippen LogP contribution in [0.25, 0.3) is 11.1 Å². The van der Waals surface area contributed by atoms with Crippen molar-refractivity contribution < 1.29 is 28.3 Å². The van der Waals surface area contributed by atoms with E-state index in [0.717, 1.165) is 61.4 Å². The number of aliphatic carboxylic acids is 1. The van der Waals surface area contributed by atoms with Crippen LogP contribution in [0.4, 0.5) is 8.78 Å². The Morgan fingerprint density at radius 2 is 1.83 bits per heavy atom. The lowest BCUT2D eigenvalue weighted by Crippen LogP contribution is -2.61. The van der Waals surface area contributed by atoms with E-state index < -0.39 is 17.1 Å². The van der Waals surface area contributed by atoms with E-state index >= 15 is 0 Å². The van der Waals surface area contributed by atoms with E-state index in [4.69, 9.17) is 9.57 Å². The number of nitrogens with zero attached hydrogens (tertiary/aromatic N) is 3. The van der Waals surface area contributed by atoms with Crippen LogP contribution >= 0.6 is 0 Å². The minimum Gasteiger partial charge on any atom is -0.490 e. The molecule has 0 amide bonds. The van der Waals surface area contributed by atoms with Crippen molar-refractivity contribution in [3.05, 3.63) is 53.3 Å². The summed E-state index contributed by atoms with van der Waals surface area (Å²) in [4.78, 5) is 22.1. The van der Waals surface area contributed by atoms with Gasteiger partial charge in [-0.25, -0.2) is 8.78 Å². The van der Waals surface area contributed by atoms with Gasteiger partial charge >= 0.3 is 5.97 Å². The highest BCUT2D eigenvalue weighted by Crippen LogP contribution is 2.49. The van der Waals surface area contributed by atoms with Crippen LogP contribution in [0, 0.1) is 11.2 Å². The molecule has 0 atom stereocenters. The average Bonchev–Trinajstić information content (AvgIpc) is 3.87. The standard InChI is InChI=1S/C32H37F2N3O4/c1-30(29(38)39)10-12-37(13-11-30)27-16-32(41-35-27)18-36(19-32)17-21-14-25(22-2-3-22)28(23-4-6-24(33)7-5-23)26(15-21)40-20-31(34)8-9-31/h4-7,14-15,22H,2-3,8-13,16-20H2,1H3,(H,38,39). The van der Waals surface area contributed by atoms with Gasteiger partial charge in [0.25, 0.3) is 0 Å². The van der Waals surface area contributed by atoms with Gasteiger partial charge in [0.15, 0.2) is 5.60 Å². The maximum absolute atomic E-state index is 14.6. The molecule has 4 fully saturated rings. The molecule has 0 radical (unpaired) electrons. The van der Waals surface area contributed by atoms with Gasteiger partial charge < -0.3 is 19.6 Å². The lowest BCUT2D eigenvalue weighted by molar-refractivity contribution is -0.150. The Balaban J connectivity index is 1.04. The third kappa shape index (κ3) is 5.29. The number of likely N-dealkylation sites (tertiary alicyclic amines) is 2. The predicted molar refractivity (Wildman–Crippen MR) is 150 cm³/mol. The second-order valence-corrected chi connectivity index (χ2v) is 13.2. The Morgan fingerprint density at radius 1 is 1.12 bits per heavy atom. The molecule has 0 bridgehead atoms. The number of oxime groups is 1. The summed E-state index contributed by atoms with van der Waals surface area (Å²) in [7, 11) is 0. The van der Waals surface area contributed by atoms with Gasteiger partial charge in [-0.3, -0.25) is 9.69 Å². The van der Waals surface area contributed by atoms with Gasteiger partial charge in [-0.05, 0) is 86.3 Å². The molecule has 1 spiro atoms. The van der Waals surface area contributed by atoms with Crippen LogP contribution in [0.15, 0.2) is 41.6 Å². The minimum atomic E-state index is -1.24. The molecule has 7 rings (SSSR count). The van der Waals surface area contributed by atoms with E-state index in [1.165, 1.54) is 17.7 Å². The summed E-state index contributed by atoms with van der Waals surface area (Å²) in [6.45, 7) is 5.45. The number of halogens is 2. The molecule has 2 aliphatic carbocycles. The van der Waals surface area contributed by atoms with Crippen molar-refractivity contribution in [2.24, 2.45) is 10.6 Å². The van der Waals surface area contributed by atoms with Crippen molar-refractivity contribution in [2.45, 2.75) is 75.6 Å². The van der Waals surface area contributed by atoms with E-state index in [2.05, 4.69) is 21.0 Å². The SMILES string of the molecule is CC1(C(=O)O)CCN(C2=NOC3(C2)CN(Cc2cc(OCC4(F)CC4)c(-c4ccc(F)cc4)c(C4CC4)c2)C3)CC1. The Hall–Kier alpha value is -3.20. The summed E-state index contributed by atoms with van der Waals surface area (Å²) >= 11 is 0. The number of amidine groups is 1. The van der Waals surface area contributed by atoms with E-state index in [1.807, 2.05) is 13.0 Å². The van der Waals surface area contributed by atoms with E-state index in [0.29, 0.717) is 50.4 Å². The van der Waals surface area contributed by atoms with Crippen LogP contribution in [0.1, 0.15) is 68.9 Å². The van der Waals surface area contributed by atoms with Crippen molar-refractivity contribution in [1.29, 1.82) is 0 Å². The summed E-state index contributed by atoms with van der Waals surface area (Å²) in [5.74, 6) is 1.02. The molecule has 9 heteroatoms. The fourth-order valence-electron chi connectivity index (χ4n) is 6.48. The largest absolute Gasteiger partial charge is 0.490 e. The Bertz CT molecular complexity index is 1370. The van der Waals surface area contributed by atoms with E-state index in [-0.39, 0.29) is 18.0 Å². The molecule has 2 saturated carbocycles. The molecule has 0 aromatic heterocycles. The van der Waals surface area contributed by atoms with Crippen LogP contribution in [0.5, 0.6) is 5.75 Å². The van der Waals surface area contributed by atoms with E-state index in [1.54, 1.807) is 12.1 Å². The number of carboxylic acids is 1. The van der Waals surface area contributed by atoms with Crippen molar-refractivity contribution in [1.82, 2.24) is 9.80 Å².